The summed E-state index contributed by atoms with van der Waals surface area (Å²) in [6.45, 7) is 2.40. The highest BCUT2D eigenvalue weighted by atomic mass is 35.5. The Morgan fingerprint density at radius 1 is 1.10 bits per heavy atom. The van der Waals surface area contributed by atoms with Gasteiger partial charge in [-0.1, -0.05) is 35.9 Å². The standard InChI is InChI=1S/C16H15ClF3N/c1-11(21-10-12-5-7-15(17)8-6-12)13-3-2-4-14(9-13)16(18,19)20/h2-9,11,21H,10H2,1H3. The molecule has 0 aliphatic carbocycles. The molecule has 1 N–H and O–H groups in total. The normalized spacial score (nSPS) is 13.2. The van der Waals surface area contributed by atoms with Crippen LogP contribution in [0, 0.1) is 0 Å². The van der Waals surface area contributed by atoms with Crippen LogP contribution in [0.4, 0.5) is 13.2 Å². The first-order valence-electron chi connectivity index (χ1n) is 6.51. The molecule has 2 rings (SSSR count). The van der Waals surface area contributed by atoms with E-state index in [0.29, 0.717) is 17.1 Å². The van der Waals surface area contributed by atoms with Gasteiger partial charge >= 0.3 is 6.18 Å². The minimum absolute atomic E-state index is 0.178. The van der Waals surface area contributed by atoms with Crippen LogP contribution in [-0.2, 0) is 12.7 Å². The van der Waals surface area contributed by atoms with Crippen molar-refractivity contribution in [1.29, 1.82) is 0 Å². The Kier molecular flexibility index (Phi) is 4.91. The predicted octanol–water partition coefficient (Wildman–Crippen LogP) is 5.21. The van der Waals surface area contributed by atoms with Crippen molar-refractivity contribution in [3.8, 4) is 0 Å². The molecule has 0 radical (unpaired) electrons. The van der Waals surface area contributed by atoms with Crippen LogP contribution in [0.15, 0.2) is 48.5 Å². The SMILES string of the molecule is CC(NCc1ccc(Cl)cc1)c1cccc(C(F)(F)F)c1. The molecule has 21 heavy (non-hydrogen) atoms. The third kappa shape index (κ3) is 4.48. The van der Waals surface area contributed by atoms with Crippen molar-refractivity contribution in [1.82, 2.24) is 5.32 Å². The van der Waals surface area contributed by atoms with Crippen LogP contribution in [0.1, 0.15) is 29.7 Å². The number of alkyl halides is 3. The van der Waals surface area contributed by atoms with Crippen molar-refractivity contribution in [3.63, 3.8) is 0 Å². The first-order chi connectivity index (χ1) is 9.86. The fourth-order valence-electron chi connectivity index (χ4n) is 1.98. The van der Waals surface area contributed by atoms with Crippen molar-refractivity contribution >= 4 is 11.6 Å². The van der Waals surface area contributed by atoms with Gasteiger partial charge in [0.15, 0.2) is 0 Å². The number of rotatable bonds is 4. The molecule has 0 spiro atoms. The lowest BCUT2D eigenvalue weighted by atomic mass is 10.0. The minimum atomic E-state index is -4.31. The highest BCUT2D eigenvalue weighted by Gasteiger charge is 2.30. The number of hydrogen-bond acceptors (Lipinski definition) is 1. The molecule has 1 unspecified atom stereocenters. The van der Waals surface area contributed by atoms with E-state index in [-0.39, 0.29) is 6.04 Å². The van der Waals surface area contributed by atoms with Gasteiger partial charge in [0.2, 0.25) is 0 Å². The summed E-state index contributed by atoms with van der Waals surface area (Å²) in [4.78, 5) is 0. The lowest BCUT2D eigenvalue weighted by Gasteiger charge is -2.16. The molecule has 112 valence electrons. The summed E-state index contributed by atoms with van der Waals surface area (Å²) >= 11 is 5.80. The van der Waals surface area contributed by atoms with Gasteiger partial charge in [-0.3, -0.25) is 0 Å². The summed E-state index contributed by atoms with van der Waals surface area (Å²) in [6, 6.07) is 12.5. The summed E-state index contributed by atoms with van der Waals surface area (Å²) < 4.78 is 38.1. The van der Waals surface area contributed by atoms with E-state index in [1.54, 1.807) is 18.2 Å². The van der Waals surface area contributed by atoms with E-state index in [0.717, 1.165) is 11.6 Å². The highest BCUT2D eigenvalue weighted by Crippen LogP contribution is 2.30. The summed E-state index contributed by atoms with van der Waals surface area (Å²) in [5, 5.41) is 3.86. The largest absolute Gasteiger partial charge is 0.416 e. The van der Waals surface area contributed by atoms with E-state index >= 15 is 0 Å². The number of benzene rings is 2. The molecule has 0 saturated heterocycles. The molecule has 0 saturated carbocycles. The molecule has 0 aliphatic heterocycles. The number of hydrogen-bond donors (Lipinski definition) is 1. The van der Waals surface area contributed by atoms with Gasteiger partial charge in [-0.2, -0.15) is 13.2 Å². The van der Waals surface area contributed by atoms with Gasteiger partial charge in [0.05, 0.1) is 5.56 Å². The molecule has 0 fully saturated rings. The monoisotopic (exact) mass is 313 g/mol. The lowest BCUT2D eigenvalue weighted by molar-refractivity contribution is -0.137. The fourth-order valence-corrected chi connectivity index (χ4v) is 2.10. The molecule has 1 nitrogen and oxygen atoms in total. The summed E-state index contributed by atoms with van der Waals surface area (Å²) in [7, 11) is 0. The van der Waals surface area contributed by atoms with Gasteiger partial charge < -0.3 is 5.32 Å². The Bertz CT molecular complexity index is 593. The first-order valence-corrected chi connectivity index (χ1v) is 6.89. The van der Waals surface area contributed by atoms with Crippen molar-refractivity contribution in [2.75, 3.05) is 0 Å². The summed E-state index contributed by atoms with van der Waals surface area (Å²) in [5.41, 5.74) is 1.01. The Morgan fingerprint density at radius 3 is 2.38 bits per heavy atom. The zero-order valence-electron chi connectivity index (χ0n) is 11.4. The number of nitrogens with one attached hydrogen (secondary N) is 1. The van der Waals surface area contributed by atoms with Crippen LogP contribution in [-0.4, -0.2) is 0 Å². The van der Waals surface area contributed by atoms with E-state index < -0.39 is 11.7 Å². The maximum atomic E-state index is 12.7. The molecular weight excluding hydrogens is 299 g/mol. The van der Waals surface area contributed by atoms with Crippen LogP contribution in [0.25, 0.3) is 0 Å². The molecule has 2 aromatic rings. The second-order valence-electron chi connectivity index (χ2n) is 4.85. The van der Waals surface area contributed by atoms with E-state index in [4.69, 9.17) is 11.6 Å². The molecule has 0 bridgehead atoms. The molecule has 1 atom stereocenters. The maximum Gasteiger partial charge on any atom is 0.416 e. The smallest absolute Gasteiger partial charge is 0.306 e. The zero-order valence-corrected chi connectivity index (χ0v) is 12.2. The molecule has 0 aliphatic rings. The molecule has 2 aromatic carbocycles. The van der Waals surface area contributed by atoms with E-state index in [1.807, 2.05) is 19.1 Å². The van der Waals surface area contributed by atoms with Gasteiger partial charge in [0.25, 0.3) is 0 Å². The number of halogens is 4. The average Bonchev–Trinajstić information content (AvgIpc) is 2.45. The van der Waals surface area contributed by atoms with Gasteiger partial charge in [-0.25, -0.2) is 0 Å². The van der Waals surface area contributed by atoms with Crippen LogP contribution in [0.5, 0.6) is 0 Å². The second-order valence-corrected chi connectivity index (χ2v) is 5.29. The van der Waals surface area contributed by atoms with E-state index in [2.05, 4.69) is 5.32 Å². The van der Waals surface area contributed by atoms with Crippen molar-refractivity contribution in [2.24, 2.45) is 0 Å². The average molecular weight is 314 g/mol. The summed E-state index contributed by atoms with van der Waals surface area (Å²) in [5.74, 6) is 0. The summed E-state index contributed by atoms with van der Waals surface area (Å²) in [6.07, 6.45) is -4.31. The molecule has 0 aromatic heterocycles. The fraction of sp³-hybridized carbons (Fsp3) is 0.250. The van der Waals surface area contributed by atoms with E-state index in [1.165, 1.54) is 12.1 Å². The van der Waals surface area contributed by atoms with Gasteiger partial charge in [-0.15, -0.1) is 0 Å². The van der Waals surface area contributed by atoms with Crippen LogP contribution < -0.4 is 5.32 Å². The molecular formula is C16H15ClF3N. The Labute approximate surface area is 126 Å². The lowest BCUT2D eigenvalue weighted by Crippen LogP contribution is -2.18. The Hall–Kier alpha value is -1.52. The first kappa shape index (κ1) is 15.9. The van der Waals surface area contributed by atoms with Gasteiger partial charge in [-0.05, 0) is 42.3 Å². The van der Waals surface area contributed by atoms with Crippen LogP contribution in [0.3, 0.4) is 0 Å². The van der Waals surface area contributed by atoms with Crippen LogP contribution >= 0.6 is 11.6 Å². The Morgan fingerprint density at radius 2 is 1.76 bits per heavy atom. The molecule has 0 heterocycles. The van der Waals surface area contributed by atoms with Crippen molar-refractivity contribution in [2.45, 2.75) is 25.7 Å². The topological polar surface area (TPSA) is 12.0 Å². The predicted molar refractivity (Wildman–Crippen MR) is 78.2 cm³/mol. The quantitative estimate of drug-likeness (QED) is 0.817. The van der Waals surface area contributed by atoms with Gasteiger partial charge in [0.1, 0.15) is 0 Å². The Balaban J connectivity index is 2.03. The maximum absolute atomic E-state index is 12.7. The highest BCUT2D eigenvalue weighted by molar-refractivity contribution is 6.30. The third-order valence-electron chi connectivity index (χ3n) is 3.24. The van der Waals surface area contributed by atoms with Crippen molar-refractivity contribution < 1.29 is 13.2 Å². The van der Waals surface area contributed by atoms with Crippen molar-refractivity contribution in [3.05, 3.63) is 70.2 Å². The third-order valence-corrected chi connectivity index (χ3v) is 3.49. The van der Waals surface area contributed by atoms with Crippen LogP contribution in [0.2, 0.25) is 5.02 Å². The van der Waals surface area contributed by atoms with E-state index in [9.17, 15) is 13.2 Å². The van der Waals surface area contributed by atoms with Gasteiger partial charge in [0, 0.05) is 17.6 Å². The zero-order chi connectivity index (χ0) is 15.5. The molecule has 0 amide bonds. The molecule has 5 heteroatoms. The second kappa shape index (κ2) is 6.50. The minimum Gasteiger partial charge on any atom is -0.306 e.